The molecule has 0 aliphatic heterocycles. The van der Waals surface area contributed by atoms with E-state index in [1.54, 1.807) is 6.92 Å². The zero-order chi connectivity index (χ0) is 15.3. The Morgan fingerprint density at radius 2 is 2.05 bits per heavy atom. The molecular formula is C12H18N2O5S. The Bertz CT molecular complexity index is 586. The first-order chi connectivity index (χ1) is 9.35. The number of nitrogens with one attached hydrogen (secondary N) is 1. The summed E-state index contributed by atoms with van der Waals surface area (Å²) >= 11 is 0. The van der Waals surface area contributed by atoms with Gasteiger partial charge in [0.2, 0.25) is 10.0 Å². The molecule has 0 spiro atoms. The molecule has 0 fully saturated rings. The third kappa shape index (κ3) is 3.69. The summed E-state index contributed by atoms with van der Waals surface area (Å²) in [5, 5.41) is 0. The lowest BCUT2D eigenvalue weighted by Crippen LogP contribution is -2.37. The molecular weight excluding hydrogens is 284 g/mol. The van der Waals surface area contributed by atoms with E-state index in [1.807, 2.05) is 0 Å². The highest BCUT2D eigenvalue weighted by Gasteiger charge is 2.22. The van der Waals surface area contributed by atoms with Crippen molar-refractivity contribution in [1.82, 2.24) is 4.72 Å². The Labute approximate surface area is 118 Å². The van der Waals surface area contributed by atoms with E-state index in [0.29, 0.717) is 0 Å². The number of ether oxygens (including phenoxy) is 2. The number of nitrogens with two attached hydrogens (primary N) is 1. The molecule has 0 aliphatic carbocycles. The second-order valence-electron chi connectivity index (χ2n) is 4.12. The molecule has 20 heavy (non-hydrogen) atoms. The highest BCUT2D eigenvalue weighted by molar-refractivity contribution is 7.89. The number of sulfonamides is 1. The normalized spacial score (nSPS) is 12.8. The largest absolute Gasteiger partial charge is 0.495 e. The van der Waals surface area contributed by atoms with Gasteiger partial charge in [0.15, 0.2) is 0 Å². The second-order valence-corrected chi connectivity index (χ2v) is 5.80. The molecule has 1 aromatic rings. The molecule has 7 nitrogen and oxygen atoms in total. The molecule has 1 aromatic carbocycles. The van der Waals surface area contributed by atoms with Gasteiger partial charge in [0, 0.05) is 12.6 Å². The molecule has 0 heterocycles. The maximum Gasteiger partial charge on any atom is 0.337 e. The van der Waals surface area contributed by atoms with Crippen molar-refractivity contribution in [3.8, 4) is 5.75 Å². The molecule has 0 saturated heterocycles. The van der Waals surface area contributed by atoms with Crippen molar-refractivity contribution >= 4 is 16.0 Å². The monoisotopic (exact) mass is 302 g/mol. The summed E-state index contributed by atoms with van der Waals surface area (Å²) in [6.07, 6.45) is 0. The number of methoxy groups -OCH3 is 2. The van der Waals surface area contributed by atoms with Gasteiger partial charge in [0.1, 0.15) is 10.6 Å². The molecule has 0 bridgehead atoms. The molecule has 0 radical (unpaired) electrons. The number of hydrogen-bond acceptors (Lipinski definition) is 6. The van der Waals surface area contributed by atoms with Gasteiger partial charge in [-0.3, -0.25) is 0 Å². The van der Waals surface area contributed by atoms with E-state index in [4.69, 9.17) is 10.5 Å². The predicted molar refractivity (Wildman–Crippen MR) is 73.2 cm³/mol. The second kappa shape index (κ2) is 6.69. The van der Waals surface area contributed by atoms with E-state index >= 15 is 0 Å². The van der Waals surface area contributed by atoms with Crippen molar-refractivity contribution in [3.05, 3.63) is 23.8 Å². The fourth-order valence-corrected chi connectivity index (χ4v) is 2.92. The van der Waals surface area contributed by atoms with Crippen LogP contribution in [0.1, 0.15) is 17.3 Å². The highest BCUT2D eigenvalue weighted by atomic mass is 32.2. The first kappa shape index (κ1) is 16.4. The van der Waals surface area contributed by atoms with Gasteiger partial charge >= 0.3 is 5.97 Å². The lowest BCUT2D eigenvalue weighted by Gasteiger charge is -2.14. The lowest BCUT2D eigenvalue weighted by molar-refractivity contribution is 0.0600. The maximum absolute atomic E-state index is 12.2. The van der Waals surface area contributed by atoms with Crippen molar-refractivity contribution in [2.24, 2.45) is 5.73 Å². The quantitative estimate of drug-likeness (QED) is 0.722. The predicted octanol–water partition coefficient (Wildman–Crippen LogP) is 0.107. The summed E-state index contributed by atoms with van der Waals surface area (Å²) in [5.41, 5.74) is 5.59. The van der Waals surface area contributed by atoms with Crippen molar-refractivity contribution in [2.75, 3.05) is 20.8 Å². The summed E-state index contributed by atoms with van der Waals surface area (Å²) in [4.78, 5) is 11.3. The van der Waals surface area contributed by atoms with Crippen LogP contribution in [0.5, 0.6) is 5.75 Å². The summed E-state index contributed by atoms with van der Waals surface area (Å²) < 4.78 is 36.3. The topological polar surface area (TPSA) is 108 Å². The van der Waals surface area contributed by atoms with Gasteiger partial charge in [0.05, 0.1) is 19.8 Å². The third-order valence-corrected chi connectivity index (χ3v) is 4.21. The number of carbonyl (C=O) groups is 1. The van der Waals surface area contributed by atoms with Crippen LogP contribution < -0.4 is 15.2 Å². The van der Waals surface area contributed by atoms with Crippen molar-refractivity contribution in [2.45, 2.75) is 17.9 Å². The molecule has 0 saturated carbocycles. The minimum Gasteiger partial charge on any atom is -0.495 e. The van der Waals surface area contributed by atoms with Crippen LogP contribution in [-0.2, 0) is 14.8 Å². The van der Waals surface area contributed by atoms with E-state index in [1.165, 1.54) is 32.4 Å². The van der Waals surface area contributed by atoms with E-state index in [-0.39, 0.29) is 22.8 Å². The van der Waals surface area contributed by atoms with E-state index in [9.17, 15) is 13.2 Å². The van der Waals surface area contributed by atoms with Crippen molar-refractivity contribution in [1.29, 1.82) is 0 Å². The van der Waals surface area contributed by atoms with Crippen molar-refractivity contribution in [3.63, 3.8) is 0 Å². The molecule has 0 unspecified atom stereocenters. The zero-order valence-electron chi connectivity index (χ0n) is 11.5. The van der Waals surface area contributed by atoms with Crippen molar-refractivity contribution < 1.29 is 22.7 Å². The highest BCUT2D eigenvalue weighted by Crippen LogP contribution is 2.25. The standard InChI is InChI=1S/C12H18N2O5S/c1-8(7-13)14-20(16,17)11-5-4-9(12(15)19-3)6-10(11)18-2/h4-6,8,14H,7,13H2,1-3H3/t8-/m0/s1. The molecule has 3 N–H and O–H groups in total. The molecule has 0 aliphatic rings. The maximum atomic E-state index is 12.2. The van der Waals surface area contributed by atoms with Gasteiger partial charge in [-0.2, -0.15) is 0 Å². The summed E-state index contributed by atoms with van der Waals surface area (Å²) in [7, 11) is -1.21. The minimum absolute atomic E-state index is 0.0598. The van der Waals surface area contributed by atoms with E-state index in [0.717, 1.165) is 0 Å². The van der Waals surface area contributed by atoms with E-state index < -0.39 is 22.0 Å². The third-order valence-electron chi connectivity index (χ3n) is 2.58. The molecule has 8 heteroatoms. The van der Waals surface area contributed by atoms with Crippen LogP contribution in [0.15, 0.2) is 23.1 Å². The van der Waals surface area contributed by atoms with Gasteiger partial charge in [0.25, 0.3) is 0 Å². The molecule has 1 rings (SSSR count). The number of carbonyl (C=O) groups excluding carboxylic acids is 1. The molecule has 1 atom stereocenters. The molecule has 112 valence electrons. The smallest absolute Gasteiger partial charge is 0.337 e. The fraction of sp³-hybridized carbons (Fsp3) is 0.417. The number of benzene rings is 1. The molecule has 0 amide bonds. The van der Waals surface area contributed by atoms with Crippen LogP contribution in [0.2, 0.25) is 0 Å². The zero-order valence-corrected chi connectivity index (χ0v) is 12.4. The van der Waals surface area contributed by atoms with Gasteiger partial charge in [-0.25, -0.2) is 17.9 Å². The molecule has 0 aromatic heterocycles. The average molecular weight is 302 g/mol. The number of esters is 1. The van der Waals surface area contributed by atoms with Gasteiger partial charge in [-0.05, 0) is 25.1 Å². The Morgan fingerprint density at radius 1 is 1.40 bits per heavy atom. The Hall–Kier alpha value is -1.64. The van der Waals surface area contributed by atoms with E-state index in [2.05, 4.69) is 9.46 Å². The Morgan fingerprint density at radius 3 is 2.55 bits per heavy atom. The van der Waals surface area contributed by atoms with Crippen LogP contribution >= 0.6 is 0 Å². The van der Waals surface area contributed by atoms with Gasteiger partial charge < -0.3 is 15.2 Å². The van der Waals surface area contributed by atoms with Gasteiger partial charge in [-0.15, -0.1) is 0 Å². The first-order valence-electron chi connectivity index (χ1n) is 5.84. The van der Waals surface area contributed by atoms with Crippen LogP contribution in [0.3, 0.4) is 0 Å². The Kier molecular flexibility index (Phi) is 5.49. The van der Waals surface area contributed by atoms with Crippen LogP contribution in [0.25, 0.3) is 0 Å². The lowest BCUT2D eigenvalue weighted by atomic mass is 10.2. The number of hydrogen-bond donors (Lipinski definition) is 2. The van der Waals surface area contributed by atoms with Crippen LogP contribution in [0, 0.1) is 0 Å². The number of rotatable bonds is 6. The minimum atomic E-state index is -3.77. The first-order valence-corrected chi connectivity index (χ1v) is 7.32. The summed E-state index contributed by atoms with van der Waals surface area (Å²) in [5.74, 6) is -0.514. The van der Waals surface area contributed by atoms with Gasteiger partial charge in [-0.1, -0.05) is 0 Å². The summed E-state index contributed by atoms with van der Waals surface area (Å²) in [6, 6.07) is 3.55. The fourth-order valence-electron chi connectivity index (χ4n) is 1.51. The SMILES string of the molecule is COC(=O)c1ccc(S(=O)(=O)N[C@@H](C)CN)c(OC)c1. The van der Waals surface area contributed by atoms with Crippen LogP contribution in [-0.4, -0.2) is 41.2 Å². The average Bonchev–Trinajstić information content (AvgIpc) is 2.44. The summed E-state index contributed by atoms with van der Waals surface area (Å²) in [6.45, 7) is 1.81. The van der Waals surface area contributed by atoms with Crippen LogP contribution in [0.4, 0.5) is 0 Å². The Balaban J connectivity index is 3.22.